The number of nitrogens with zero attached hydrogens (tertiary/aromatic N) is 1. The van der Waals surface area contributed by atoms with Crippen LogP contribution < -0.4 is 0 Å². The fourth-order valence-electron chi connectivity index (χ4n) is 1.84. The van der Waals surface area contributed by atoms with E-state index in [1.165, 1.54) is 0 Å². The first-order valence-electron chi connectivity index (χ1n) is 3.76. The normalized spacial score (nSPS) is 39.3. The van der Waals surface area contributed by atoms with Crippen LogP contribution in [0.4, 0.5) is 0 Å². The van der Waals surface area contributed by atoms with Crippen LogP contribution in [-0.2, 0) is 9.53 Å². The molecule has 0 aromatic carbocycles. The summed E-state index contributed by atoms with van der Waals surface area (Å²) < 4.78 is 4.96. The van der Waals surface area contributed by atoms with E-state index in [-0.39, 0.29) is 17.7 Å². The van der Waals surface area contributed by atoms with Gasteiger partial charge in [0.1, 0.15) is 6.10 Å². The van der Waals surface area contributed by atoms with E-state index in [0.717, 1.165) is 19.3 Å². The summed E-state index contributed by atoms with van der Waals surface area (Å²) >= 11 is 0. The Kier molecular flexibility index (Phi) is 1.34. The number of fused-ring (bicyclic) bond motifs is 1. The van der Waals surface area contributed by atoms with Gasteiger partial charge in [-0.25, -0.2) is 4.79 Å². The van der Waals surface area contributed by atoms with E-state index in [1.807, 2.05) is 0 Å². The lowest BCUT2D eigenvalue weighted by molar-refractivity contribution is -0.137. The Morgan fingerprint density at radius 3 is 3.09 bits per heavy atom. The van der Waals surface area contributed by atoms with Gasteiger partial charge in [-0.05, 0) is 19.3 Å². The van der Waals surface area contributed by atoms with Crippen LogP contribution in [0.15, 0.2) is 5.16 Å². The second-order valence-electron chi connectivity index (χ2n) is 2.97. The number of ether oxygens (including phenoxy) is 1. The Bertz CT molecular complexity index is 224. The molecule has 1 N–H and O–H groups in total. The van der Waals surface area contributed by atoms with E-state index in [9.17, 15) is 4.79 Å². The molecule has 4 heteroatoms. The number of carbonyl (C=O) groups is 1. The van der Waals surface area contributed by atoms with Crippen molar-refractivity contribution < 1.29 is 14.7 Å². The number of esters is 1. The highest BCUT2D eigenvalue weighted by atomic mass is 16.6. The molecular formula is C7H9NO3. The Morgan fingerprint density at radius 1 is 1.55 bits per heavy atom. The summed E-state index contributed by atoms with van der Waals surface area (Å²) in [5.74, 6) is -0.380. The summed E-state index contributed by atoms with van der Waals surface area (Å²) in [5, 5.41) is 11.4. The van der Waals surface area contributed by atoms with Crippen LogP contribution >= 0.6 is 0 Å². The average molecular weight is 155 g/mol. The van der Waals surface area contributed by atoms with Crippen LogP contribution in [0.2, 0.25) is 0 Å². The van der Waals surface area contributed by atoms with Crippen LogP contribution in [0.25, 0.3) is 0 Å². The molecule has 2 fully saturated rings. The molecule has 1 heterocycles. The van der Waals surface area contributed by atoms with Crippen LogP contribution in [0.3, 0.4) is 0 Å². The second kappa shape index (κ2) is 2.22. The van der Waals surface area contributed by atoms with Crippen LogP contribution in [0.1, 0.15) is 19.3 Å². The maximum Gasteiger partial charge on any atom is 0.356 e. The maximum atomic E-state index is 10.9. The van der Waals surface area contributed by atoms with Gasteiger partial charge in [-0.3, -0.25) is 0 Å². The fourth-order valence-corrected chi connectivity index (χ4v) is 1.84. The van der Waals surface area contributed by atoms with Crippen LogP contribution in [-0.4, -0.2) is 23.0 Å². The molecule has 2 rings (SSSR count). The first-order valence-corrected chi connectivity index (χ1v) is 3.76. The minimum atomic E-state index is -0.442. The molecule has 11 heavy (non-hydrogen) atoms. The van der Waals surface area contributed by atoms with Crippen molar-refractivity contribution in [1.29, 1.82) is 0 Å². The molecule has 1 aliphatic heterocycles. The van der Waals surface area contributed by atoms with Crippen molar-refractivity contribution in [2.45, 2.75) is 25.4 Å². The van der Waals surface area contributed by atoms with Gasteiger partial charge in [0.05, 0.1) is 0 Å². The third kappa shape index (κ3) is 0.818. The van der Waals surface area contributed by atoms with E-state index in [2.05, 4.69) is 5.16 Å². The molecule has 1 saturated heterocycles. The summed E-state index contributed by atoms with van der Waals surface area (Å²) in [5.41, 5.74) is 0.215. The van der Waals surface area contributed by atoms with Gasteiger partial charge in [0.25, 0.3) is 0 Å². The predicted molar refractivity (Wildman–Crippen MR) is 36.4 cm³/mol. The lowest BCUT2D eigenvalue weighted by Gasteiger charge is -2.02. The standard InChI is InChI=1S/C7H9NO3/c9-7-6(8-10)4-2-1-3-5(4)11-7/h4-5,10H,1-3H2/b8-6+/t4-,5+/m1/s1. The van der Waals surface area contributed by atoms with Gasteiger partial charge in [-0.2, -0.15) is 0 Å². The van der Waals surface area contributed by atoms with Crippen molar-refractivity contribution in [3.8, 4) is 0 Å². The zero-order valence-corrected chi connectivity index (χ0v) is 5.99. The fraction of sp³-hybridized carbons (Fsp3) is 0.714. The molecule has 0 aromatic heterocycles. The molecular weight excluding hydrogens is 146 g/mol. The number of hydrogen-bond acceptors (Lipinski definition) is 4. The topological polar surface area (TPSA) is 58.9 Å². The third-order valence-electron chi connectivity index (χ3n) is 2.38. The molecule has 0 aromatic rings. The summed E-state index contributed by atoms with van der Waals surface area (Å²) in [6.07, 6.45) is 2.88. The van der Waals surface area contributed by atoms with Gasteiger partial charge >= 0.3 is 5.97 Å². The minimum absolute atomic E-state index is 0.00611. The Balaban J connectivity index is 2.27. The SMILES string of the molecule is O=C1O[C@H]2CCC[C@H]2/C1=N\O. The van der Waals surface area contributed by atoms with Crippen LogP contribution in [0.5, 0.6) is 0 Å². The number of hydrogen-bond donors (Lipinski definition) is 1. The monoisotopic (exact) mass is 155 g/mol. The molecule has 0 unspecified atom stereocenters. The molecule has 0 spiro atoms. The van der Waals surface area contributed by atoms with Gasteiger partial charge in [0, 0.05) is 5.92 Å². The van der Waals surface area contributed by atoms with Crippen molar-refractivity contribution >= 4 is 11.7 Å². The first-order chi connectivity index (χ1) is 5.33. The molecule has 1 saturated carbocycles. The van der Waals surface area contributed by atoms with Crippen molar-refractivity contribution in [3.05, 3.63) is 0 Å². The Labute approximate surface area is 63.8 Å². The van der Waals surface area contributed by atoms with E-state index < -0.39 is 5.97 Å². The van der Waals surface area contributed by atoms with Gasteiger partial charge in [-0.1, -0.05) is 5.16 Å². The van der Waals surface area contributed by atoms with E-state index in [0.29, 0.717) is 0 Å². The van der Waals surface area contributed by atoms with Crippen molar-refractivity contribution in [2.75, 3.05) is 0 Å². The zero-order chi connectivity index (χ0) is 7.84. The largest absolute Gasteiger partial charge is 0.457 e. The molecule has 2 aliphatic rings. The Morgan fingerprint density at radius 2 is 2.36 bits per heavy atom. The first kappa shape index (κ1) is 6.64. The smallest absolute Gasteiger partial charge is 0.356 e. The second-order valence-corrected chi connectivity index (χ2v) is 2.97. The predicted octanol–water partition coefficient (Wildman–Crippen LogP) is 0.542. The molecule has 2 atom stereocenters. The number of carbonyl (C=O) groups excluding carboxylic acids is 1. The highest BCUT2D eigenvalue weighted by Crippen LogP contribution is 2.34. The number of oxime groups is 1. The maximum absolute atomic E-state index is 10.9. The average Bonchev–Trinajstić information content (AvgIpc) is 2.46. The summed E-state index contributed by atoms with van der Waals surface area (Å²) in [6.45, 7) is 0. The van der Waals surface area contributed by atoms with E-state index in [1.54, 1.807) is 0 Å². The molecule has 0 amide bonds. The number of rotatable bonds is 0. The van der Waals surface area contributed by atoms with Crippen LogP contribution in [0, 0.1) is 5.92 Å². The quantitative estimate of drug-likeness (QED) is 0.315. The molecule has 1 aliphatic carbocycles. The molecule has 4 nitrogen and oxygen atoms in total. The minimum Gasteiger partial charge on any atom is -0.457 e. The Hall–Kier alpha value is -1.06. The lowest BCUT2D eigenvalue weighted by Crippen LogP contribution is -2.15. The summed E-state index contributed by atoms with van der Waals surface area (Å²) in [7, 11) is 0. The molecule has 0 radical (unpaired) electrons. The molecule has 60 valence electrons. The summed E-state index contributed by atoms with van der Waals surface area (Å²) in [4.78, 5) is 10.9. The van der Waals surface area contributed by atoms with Gasteiger partial charge < -0.3 is 9.94 Å². The third-order valence-corrected chi connectivity index (χ3v) is 2.38. The van der Waals surface area contributed by atoms with E-state index >= 15 is 0 Å². The van der Waals surface area contributed by atoms with E-state index in [4.69, 9.17) is 9.94 Å². The van der Waals surface area contributed by atoms with Gasteiger partial charge in [0.2, 0.25) is 0 Å². The zero-order valence-electron chi connectivity index (χ0n) is 5.99. The van der Waals surface area contributed by atoms with Crippen molar-refractivity contribution in [1.82, 2.24) is 0 Å². The van der Waals surface area contributed by atoms with Gasteiger partial charge in [0.15, 0.2) is 5.71 Å². The lowest BCUT2D eigenvalue weighted by atomic mass is 10.0. The molecule has 0 bridgehead atoms. The van der Waals surface area contributed by atoms with Crippen molar-refractivity contribution in [2.24, 2.45) is 11.1 Å². The highest BCUT2D eigenvalue weighted by molar-refractivity contribution is 6.39. The highest BCUT2D eigenvalue weighted by Gasteiger charge is 2.44. The summed E-state index contributed by atoms with van der Waals surface area (Å²) in [6, 6.07) is 0. The van der Waals surface area contributed by atoms with Gasteiger partial charge in [-0.15, -0.1) is 0 Å². The van der Waals surface area contributed by atoms with Crippen molar-refractivity contribution in [3.63, 3.8) is 0 Å².